The molecule has 0 fully saturated rings. The fourth-order valence-corrected chi connectivity index (χ4v) is 3.80. The zero-order valence-electron chi connectivity index (χ0n) is 14.9. The highest BCUT2D eigenvalue weighted by Gasteiger charge is 2.32. The molecule has 0 spiro atoms. The number of hydrogen-bond acceptors (Lipinski definition) is 5. The van der Waals surface area contributed by atoms with Gasteiger partial charge in [0.2, 0.25) is 10.0 Å². The summed E-state index contributed by atoms with van der Waals surface area (Å²) in [6, 6.07) is 11.2. The highest BCUT2D eigenvalue weighted by molar-refractivity contribution is 7.89. The summed E-state index contributed by atoms with van der Waals surface area (Å²) in [4.78, 5) is 11.7. The van der Waals surface area contributed by atoms with Gasteiger partial charge in [0, 0.05) is 0 Å². The number of esters is 1. The number of hydrogen-bond donors (Lipinski definition) is 1. The molecule has 0 unspecified atom stereocenters. The van der Waals surface area contributed by atoms with Gasteiger partial charge in [-0.3, -0.25) is 4.79 Å². The van der Waals surface area contributed by atoms with Gasteiger partial charge in [0.05, 0.1) is 24.0 Å². The zero-order chi connectivity index (χ0) is 20.9. The molecule has 10 heteroatoms. The van der Waals surface area contributed by atoms with Crippen LogP contribution in [-0.4, -0.2) is 27.9 Å². The van der Waals surface area contributed by atoms with E-state index in [1.807, 2.05) is 0 Å². The van der Waals surface area contributed by atoms with Crippen molar-refractivity contribution in [1.82, 2.24) is 4.72 Å². The number of ether oxygens (including phenoxy) is 2. The molecule has 0 heterocycles. The lowest BCUT2D eigenvalue weighted by molar-refractivity contribution is -0.274. The summed E-state index contributed by atoms with van der Waals surface area (Å²) in [6.07, 6.45) is -4.88. The Bertz CT molecular complexity index is 899. The van der Waals surface area contributed by atoms with Crippen molar-refractivity contribution in [2.24, 2.45) is 5.92 Å². The Hall–Kier alpha value is -2.59. The van der Waals surface area contributed by atoms with Crippen LogP contribution in [0, 0.1) is 5.92 Å². The van der Waals surface area contributed by atoms with Crippen LogP contribution in [-0.2, 0) is 19.6 Å². The molecule has 0 amide bonds. The smallest absolute Gasteiger partial charge is 0.469 e. The second kappa shape index (κ2) is 8.61. The van der Waals surface area contributed by atoms with E-state index in [1.165, 1.54) is 14.0 Å². The molecule has 6 nitrogen and oxygen atoms in total. The average Bonchev–Trinajstić information content (AvgIpc) is 2.65. The maximum atomic E-state index is 12.7. The van der Waals surface area contributed by atoms with Gasteiger partial charge in [0.1, 0.15) is 5.75 Å². The Balaban J connectivity index is 2.30. The Morgan fingerprint density at radius 1 is 1.04 bits per heavy atom. The van der Waals surface area contributed by atoms with Gasteiger partial charge in [0.25, 0.3) is 0 Å². The maximum absolute atomic E-state index is 12.7. The first kappa shape index (κ1) is 21.7. The molecular formula is C18H18F3NO5S. The van der Waals surface area contributed by atoms with Gasteiger partial charge in [-0.1, -0.05) is 37.3 Å². The van der Waals surface area contributed by atoms with Gasteiger partial charge in [-0.25, -0.2) is 13.1 Å². The van der Waals surface area contributed by atoms with E-state index in [0.717, 1.165) is 24.3 Å². The summed E-state index contributed by atoms with van der Waals surface area (Å²) in [5.41, 5.74) is 0.529. The van der Waals surface area contributed by atoms with Gasteiger partial charge >= 0.3 is 12.3 Å². The third-order valence-corrected chi connectivity index (χ3v) is 5.34. The van der Waals surface area contributed by atoms with Crippen LogP contribution in [0.1, 0.15) is 18.5 Å². The van der Waals surface area contributed by atoms with Gasteiger partial charge in [-0.05, 0) is 29.8 Å². The van der Waals surface area contributed by atoms with Gasteiger partial charge in [0.15, 0.2) is 0 Å². The first-order chi connectivity index (χ1) is 13.0. The molecule has 0 aliphatic carbocycles. The molecule has 2 rings (SSSR count). The molecule has 0 aliphatic heterocycles. The molecule has 0 saturated heterocycles. The molecule has 2 aromatic carbocycles. The lowest BCUT2D eigenvalue weighted by Gasteiger charge is -2.24. The second-order valence-corrected chi connectivity index (χ2v) is 7.55. The summed E-state index contributed by atoms with van der Waals surface area (Å²) >= 11 is 0. The van der Waals surface area contributed by atoms with Crippen molar-refractivity contribution in [1.29, 1.82) is 0 Å². The van der Waals surface area contributed by atoms with Crippen LogP contribution in [0.3, 0.4) is 0 Å². The minimum atomic E-state index is -4.88. The molecule has 28 heavy (non-hydrogen) atoms. The lowest BCUT2D eigenvalue weighted by Crippen LogP contribution is -2.36. The van der Waals surface area contributed by atoms with E-state index in [0.29, 0.717) is 5.56 Å². The predicted molar refractivity (Wildman–Crippen MR) is 93.8 cm³/mol. The molecular weight excluding hydrogens is 399 g/mol. The highest BCUT2D eigenvalue weighted by Crippen LogP contribution is 2.27. The Morgan fingerprint density at radius 2 is 1.61 bits per heavy atom. The fraction of sp³-hybridized carbons (Fsp3) is 0.278. The number of rotatable bonds is 7. The van der Waals surface area contributed by atoms with Crippen LogP contribution in [0.2, 0.25) is 0 Å². The summed E-state index contributed by atoms with van der Waals surface area (Å²) in [5.74, 6) is -2.02. The van der Waals surface area contributed by atoms with Crippen molar-refractivity contribution < 1.29 is 35.9 Å². The Kier molecular flexibility index (Phi) is 6.68. The number of sulfonamides is 1. The molecule has 1 N–H and O–H groups in total. The molecule has 2 aromatic rings. The third kappa shape index (κ3) is 5.70. The van der Waals surface area contributed by atoms with Crippen LogP contribution in [0.25, 0.3) is 0 Å². The standard InChI is InChI=1S/C18H18F3NO5S/c1-12(17(23)26-2)16(13-6-4-3-5-7-13)22-28(24,25)15-10-8-14(9-11-15)27-18(19,20)21/h3-12,16,22H,1-2H3/t12-,16-/m0/s1. The minimum absolute atomic E-state index is 0.278. The van der Waals surface area contributed by atoms with Crippen molar-refractivity contribution in [2.45, 2.75) is 24.2 Å². The molecule has 0 aromatic heterocycles. The van der Waals surface area contributed by atoms with Gasteiger partial charge in [-0.2, -0.15) is 0 Å². The molecule has 2 atom stereocenters. The number of nitrogens with one attached hydrogen (secondary N) is 1. The maximum Gasteiger partial charge on any atom is 0.573 e. The van der Waals surface area contributed by atoms with Crippen LogP contribution < -0.4 is 9.46 Å². The van der Waals surface area contributed by atoms with E-state index >= 15 is 0 Å². The first-order valence-corrected chi connectivity index (χ1v) is 9.53. The highest BCUT2D eigenvalue weighted by atomic mass is 32.2. The third-order valence-electron chi connectivity index (χ3n) is 3.88. The number of alkyl halides is 3. The van der Waals surface area contributed by atoms with Gasteiger partial charge in [-0.15, -0.1) is 13.2 Å². The van der Waals surface area contributed by atoms with Crippen molar-refractivity contribution >= 4 is 16.0 Å². The average molecular weight is 417 g/mol. The number of halogens is 3. The first-order valence-electron chi connectivity index (χ1n) is 8.04. The summed E-state index contributed by atoms with van der Waals surface area (Å²) in [7, 11) is -2.96. The van der Waals surface area contributed by atoms with E-state index in [9.17, 15) is 26.4 Å². The number of methoxy groups -OCH3 is 1. The molecule has 0 aliphatic rings. The van der Waals surface area contributed by atoms with Crippen LogP contribution >= 0.6 is 0 Å². The zero-order valence-corrected chi connectivity index (χ0v) is 15.8. The van der Waals surface area contributed by atoms with Crippen LogP contribution in [0.5, 0.6) is 5.75 Å². The summed E-state index contributed by atoms with van der Waals surface area (Å²) in [6.45, 7) is 1.51. The van der Waals surface area contributed by atoms with Crippen LogP contribution in [0.4, 0.5) is 13.2 Å². The van der Waals surface area contributed by atoms with Crippen molar-refractivity contribution in [3.63, 3.8) is 0 Å². The van der Waals surface area contributed by atoms with E-state index in [-0.39, 0.29) is 4.90 Å². The number of carbonyl (C=O) groups excluding carboxylic acids is 1. The molecule has 152 valence electrons. The SMILES string of the molecule is COC(=O)[C@@H](C)[C@H](NS(=O)(=O)c1ccc(OC(F)(F)F)cc1)c1ccccc1. The van der Waals surface area contributed by atoms with E-state index in [1.54, 1.807) is 30.3 Å². The second-order valence-electron chi connectivity index (χ2n) is 5.84. The predicted octanol–water partition coefficient (Wildman–Crippen LogP) is 3.41. The van der Waals surface area contributed by atoms with E-state index in [4.69, 9.17) is 4.74 Å². The number of carbonyl (C=O) groups is 1. The number of benzene rings is 2. The van der Waals surface area contributed by atoms with Crippen LogP contribution in [0.15, 0.2) is 59.5 Å². The van der Waals surface area contributed by atoms with Crippen molar-refractivity contribution in [3.05, 3.63) is 60.2 Å². The normalized spacial score (nSPS) is 14.2. The monoisotopic (exact) mass is 417 g/mol. The minimum Gasteiger partial charge on any atom is -0.469 e. The Labute approximate surface area is 160 Å². The molecule has 0 radical (unpaired) electrons. The molecule has 0 saturated carbocycles. The van der Waals surface area contributed by atoms with E-state index < -0.39 is 40.1 Å². The van der Waals surface area contributed by atoms with Gasteiger partial charge < -0.3 is 9.47 Å². The van der Waals surface area contributed by atoms with E-state index in [2.05, 4.69) is 9.46 Å². The summed E-state index contributed by atoms with van der Waals surface area (Å²) in [5, 5.41) is 0. The lowest BCUT2D eigenvalue weighted by atomic mass is 9.95. The largest absolute Gasteiger partial charge is 0.573 e. The summed E-state index contributed by atoms with van der Waals surface area (Å²) < 4.78 is 73.0. The quantitative estimate of drug-likeness (QED) is 0.699. The van der Waals surface area contributed by atoms with Crippen molar-refractivity contribution in [3.8, 4) is 5.75 Å². The van der Waals surface area contributed by atoms with Crippen molar-refractivity contribution in [2.75, 3.05) is 7.11 Å². The topological polar surface area (TPSA) is 81.7 Å². The fourth-order valence-electron chi connectivity index (χ4n) is 2.50. The Morgan fingerprint density at radius 3 is 2.11 bits per heavy atom. The molecule has 0 bridgehead atoms.